The van der Waals surface area contributed by atoms with Crippen LogP contribution in [0, 0.1) is 0 Å². The van der Waals surface area contributed by atoms with Crippen molar-refractivity contribution in [3.05, 3.63) is 23.8 Å². The van der Waals surface area contributed by atoms with E-state index in [2.05, 4.69) is 21.9 Å². The lowest BCUT2D eigenvalue weighted by atomic mass is 9.95. The first kappa shape index (κ1) is 10.5. The van der Waals surface area contributed by atoms with Gasteiger partial charge in [-0.15, -0.1) is 0 Å². The van der Waals surface area contributed by atoms with Gasteiger partial charge in [0.25, 0.3) is 0 Å². The molecule has 15 heavy (non-hydrogen) atoms. The number of hydrogen-bond donors (Lipinski definition) is 1. The second-order valence-corrected chi connectivity index (χ2v) is 4.20. The van der Waals surface area contributed by atoms with E-state index in [0.29, 0.717) is 12.5 Å². The predicted octanol–water partition coefficient (Wildman–Crippen LogP) is 0.745. The molecule has 1 aliphatic rings. The minimum Gasteiger partial charge on any atom is -0.324 e. The number of likely N-dealkylation sites (tertiary alicyclic amines) is 1. The first-order chi connectivity index (χ1) is 7.29. The molecule has 4 nitrogen and oxygen atoms in total. The van der Waals surface area contributed by atoms with E-state index < -0.39 is 0 Å². The quantitative estimate of drug-likeness (QED) is 0.775. The van der Waals surface area contributed by atoms with Gasteiger partial charge in [-0.1, -0.05) is 0 Å². The molecule has 1 aliphatic heterocycles. The molecule has 4 heteroatoms. The molecule has 1 aromatic rings. The topological polar surface area (TPSA) is 55.0 Å². The Morgan fingerprint density at radius 1 is 1.60 bits per heavy atom. The molecule has 0 amide bonds. The molecule has 2 rings (SSSR count). The SMILES string of the molecule is CN1CCCC(c2ccnc(CN)n2)C1. The number of nitrogens with zero attached hydrogens (tertiary/aromatic N) is 3. The standard InChI is InChI=1S/C11H18N4/c1-15-6-2-3-9(8-15)10-4-5-13-11(7-12)14-10/h4-5,9H,2-3,6-8,12H2,1H3. The molecular formula is C11H18N4. The highest BCUT2D eigenvalue weighted by Gasteiger charge is 2.20. The van der Waals surface area contributed by atoms with Crippen LogP contribution >= 0.6 is 0 Å². The van der Waals surface area contributed by atoms with Crippen molar-refractivity contribution in [2.24, 2.45) is 5.73 Å². The molecule has 1 aromatic heterocycles. The summed E-state index contributed by atoms with van der Waals surface area (Å²) in [5.41, 5.74) is 6.69. The predicted molar refractivity (Wildman–Crippen MR) is 59.4 cm³/mol. The summed E-state index contributed by atoms with van der Waals surface area (Å²) >= 11 is 0. The van der Waals surface area contributed by atoms with Gasteiger partial charge in [-0.3, -0.25) is 0 Å². The second kappa shape index (κ2) is 4.68. The fourth-order valence-corrected chi connectivity index (χ4v) is 2.15. The monoisotopic (exact) mass is 206 g/mol. The third kappa shape index (κ3) is 2.52. The summed E-state index contributed by atoms with van der Waals surface area (Å²) in [6, 6.07) is 2.02. The van der Waals surface area contributed by atoms with Gasteiger partial charge in [-0.25, -0.2) is 9.97 Å². The Kier molecular flexibility index (Phi) is 3.28. The van der Waals surface area contributed by atoms with Gasteiger partial charge in [0, 0.05) is 24.4 Å². The maximum Gasteiger partial charge on any atom is 0.142 e. The Labute approximate surface area is 90.5 Å². The van der Waals surface area contributed by atoms with E-state index in [1.807, 2.05) is 12.3 Å². The van der Waals surface area contributed by atoms with E-state index in [-0.39, 0.29) is 0 Å². The largest absolute Gasteiger partial charge is 0.324 e. The molecule has 1 atom stereocenters. The highest BCUT2D eigenvalue weighted by molar-refractivity contribution is 5.10. The van der Waals surface area contributed by atoms with E-state index in [4.69, 9.17) is 5.73 Å². The molecule has 1 unspecified atom stereocenters. The normalized spacial score (nSPS) is 22.9. The Balaban J connectivity index is 2.13. The molecule has 0 saturated carbocycles. The van der Waals surface area contributed by atoms with Gasteiger partial charge in [-0.2, -0.15) is 0 Å². The van der Waals surface area contributed by atoms with E-state index in [1.54, 1.807) is 0 Å². The third-order valence-electron chi connectivity index (χ3n) is 2.95. The molecule has 0 aromatic carbocycles. The van der Waals surface area contributed by atoms with Crippen molar-refractivity contribution in [1.29, 1.82) is 0 Å². The van der Waals surface area contributed by atoms with Crippen LogP contribution in [0.5, 0.6) is 0 Å². The van der Waals surface area contributed by atoms with Gasteiger partial charge in [-0.05, 0) is 32.5 Å². The summed E-state index contributed by atoms with van der Waals surface area (Å²) in [6.07, 6.45) is 4.30. The fourth-order valence-electron chi connectivity index (χ4n) is 2.15. The fraction of sp³-hybridized carbons (Fsp3) is 0.636. The van der Waals surface area contributed by atoms with E-state index in [0.717, 1.165) is 18.1 Å². The lowest BCUT2D eigenvalue weighted by Crippen LogP contribution is -2.31. The highest BCUT2D eigenvalue weighted by atomic mass is 15.1. The summed E-state index contributed by atoms with van der Waals surface area (Å²) in [6.45, 7) is 2.72. The van der Waals surface area contributed by atoms with Crippen LogP contribution in [0.1, 0.15) is 30.3 Å². The second-order valence-electron chi connectivity index (χ2n) is 4.20. The summed E-state index contributed by atoms with van der Waals surface area (Å²) < 4.78 is 0. The van der Waals surface area contributed by atoms with Crippen molar-refractivity contribution in [2.75, 3.05) is 20.1 Å². The van der Waals surface area contributed by atoms with Crippen molar-refractivity contribution in [3.63, 3.8) is 0 Å². The van der Waals surface area contributed by atoms with Crippen molar-refractivity contribution in [1.82, 2.24) is 14.9 Å². The van der Waals surface area contributed by atoms with Gasteiger partial charge in [0.05, 0.1) is 6.54 Å². The van der Waals surface area contributed by atoms with Crippen LogP contribution in [0.25, 0.3) is 0 Å². The smallest absolute Gasteiger partial charge is 0.142 e. The molecule has 82 valence electrons. The van der Waals surface area contributed by atoms with Gasteiger partial charge < -0.3 is 10.6 Å². The van der Waals surface area contributed by atoms with Crippen molar-refractivity contribution in [2.45, 2.75) is 25.3 Å². The van der Waals surface area contributed by atoms with Gasteiger partial charge in [0.15, 0.2) is 0 Å². The molecule has 0 bridgehead atoms. The molecule has 0 spiro atoms. The van der Waals surface area contributed by atoms with Crippen LogP contribution in [0.3, 0.4) is 0 Å². The molecular weight excluding hydrogens is 188 g/mol. The number of piperidine rings is 1. The molecule has 2 N–H and O–H groups in total. The van der Waals surface area contributed by atoms with Crippen LogP contribution in [-0.2, 0) is 6.54 Å². The summed E-state index contributed by atoms with van der Waals surface area (Å²) in [7, 11) is 2.16. The van der Waals surface area contributed by atoms with E-state index >= 15 is 0 Å². The number of nitrogens with two attached hydrogens (primary N) is 1. The molecule has 0 aliphatic carbocycles. The number of likely N-dealkylation sites (N-methyl/N-ethyl adjacent to an activating group) is 1. The lowest BCUT2D eigenvalue weighted by molar-refractivity contribution is 0.248. The zero-order valence-electron chi connectivity index (χ0n) is 9.19. The van der Waals surface area contributed by atoms with Crippen LogP contribution < -0.4 is 5.73 Å². The van der Waals surface area contributed by atoms with Gasteiger partial charge in [0.2, 0.25) is 0 Å². The van der Waals surface area contributed by atoms with Crippen LogP contribution in [-0.4, -0.2) is 35.0 Å². The average Bonchev–Trinajstić information content (AvgIpc) is 2.29. The Morgan fingerprint density at radius 3 is 3.20 bits per heavy atom. The first-order valence-corrected chi connectivity index (χ1v) is 5.50. The number of hydrogen-bond acceptors (Lipinski definition) is 4. The van der Waals surface area contributed by atoms with Crippen molar-refractivity contribution < 1.29 is 0 Å². The summed E-state index contributed by atoms with van der Waals surface area (Å²) in [5, 5.41) is 0. The third-order valence-corrected chi connectivity index (χ3v) is 2.95. The molecule has 1 saturated heterocycles. The zero-order valence-corrected chi connectivity index (χ0v) is 9.19. The Hall–Kier alpha value is -1.00. The van der Waals surface area contributed by atoms with Crippen LogP contribution in [0.15, 0.2) is 12.3 Å². The van der Waals surface area contributed by atoms with Crippen molar-refractivity contribution >= 4 is 0 Å². The van der Waals surface area contributed by atoms with Crippen LogP contribution in [0.2, 0.25) is 0 Å². The number of aromatic nitrogens is 2. The molecule has 0 radical (unpaired) electrons. The Morgan fingerprint density at radius 2 is 2.47 bits per heavy atom. The minimum atomic E-state index is 0.427. The Bertz CT molecular complexity index is 326. The number of rotatable bonds is 2. The van der Waals surface area contributed by atoms with E-state index in [1.165, 1.54) is 19.4 Å². The zero-order chi connectivity index (χ0) is 10.7. The molecule has 2 heterocycles. The summed E-state index contributed by atoms with van der Waals surface area (Å²) in [4.78, 5) is 11.0. The summed E-state index contributed by atoms with van der Waals surface area (Å²) in [5.74, 6) is 1.30. The van der Waals surface area contributed by atoms with Gasteiger partial charge >= 0.3 is 0 Å². The molecule has 1 fully saturated rings. The first-order valence-electron chi connectivity index (χ1n) is 5.50. The maximum atomic E-state index is 5.54. The maximum absolute atomic E-state index is 5.54. The van der Waals surface area contributed by atoms with E-state index in [9.17, 15) is 0 Å². The highest BCUT2D eigenvalue weighted by Crippen LogP contribution is 2.24. The van der Waals surface area contributed by atoms with Crippen molar-refractivity contribution in [3.8, 4) is 0 Å². The lowest BCUT2D eigenvalue weighted by Gasteiger charge is -2.29. The minimum absolute atomic E-state index is 0.427. The average molecular weight is 206 g/mol. The van der Waals surface area contributed by atoms with Gasteiger partial charge in [0.1, 0.15) is 5.82 Å². The van der Waals surface area contributed by atoms with Crippen LogP contribution in [0.4, 0.5) is 0 Å².